The molecule has 1 heterocycles. The lowest BCUT2D eigenvalue weighted by atomic mass is 10.2. The van der Waals surface area contributed by atoms with Crippen molar-refractivity contribution in [2.75, 3.05) is 11.9 Å². The summed E-state index contributed by atoms with van der Waals surface area (Å²) >= 11 is 7.85. The van der Waals surface area contributed by atoms with Gasteiger partial charge in [0.25, 0.3) is 0 Å². The van der Waals surface area contributed by atoms with Gasteiger partial charge in [0, 0.05) is 29.1 Å². The van der Waals surface area contributed by atoms with Crippen LogP contribution in [0.1, 0.15) is 20.3 Å². The second-order valence-corrected chi connectivity index (χ2v) is 5.61. The highest BCUT2D eigenvalue weighted by molar-refractivity contribution is 7.14. The first-order chi connectivity index (χ1) is 8.63. The lowest BCUT2D eigenvalue weighted by Crippen LogP contribution is -2.27. The highest BCUT2D eigenvalue weighted by atomic mass is 35.5. The Kier molecular flexibility index (Phi) is 4.25. The van der Waals surface area contributed by atoms with E-state index >= 15 is 0 Å². The summed E-state index contributed by atoms with van der Waals surface area (Å²) in [6, 6.07) is 8.32. The number of nitrogens with zero attached hydrogens (tertiary/aromatic N) is 2. The van der Waals surface area contributed by atoms with Crippen LogP contribution in [0.5, 0.6) is 0 Å². The molecule has 1 unspecified atom stereocenters. The monoisotopic (exact) mass is 280 g/mol. The predicted molar refractivity (Wildman–Crippen MR) is 80.7 cm³/mol. The van der Waals surface area contributed by atoms with Crippen LogP contribution in [0.2, 0.25) is 5.02 Å². The second kappa shape index (κ2) is 5.72. The van der Waals surface area contributed by atoms with Gasteiger partial charge in [-0.2, -0.15) is 0 Å². The molecule has 0 aliphatic carbocycles. The lowest BCUT2D eigenvalue weighted by molar-refractivity contribution is 0.662. The molecule has 0 saturated carbocycles. The number of hydrogen-bond donors (Lipinski definition) is 0. The van der Waals surface area contributed by atoms with E-state index in [4.69, 9.17) is 11.6 Å². The van der Waals surface area contributed by atoms with Crippen LogP contribution in [0.4, 0.5) is 5.13 Å². The molecule has 96 valence electrons. The van der Waals surface area contributed by atoms with Gasteiger partial charge < -0.3 is 4.90 Å². The molecule has 2 nitrogen and oxygen atoms in total. The maximum Gasteiger partial charge on any atom is 0.185 e. The highest BCUT2D eigenvalue weighted by Gasteiger charge is 2.13. The van der Waals surface area contributed by atoms with E-state index < -0.39 is 0 Å². The summed E-state index contributed by atoms with van der Waals surface area (Å²) in [5, 5.41) is 3.86. The van der Waals surface area contributed by atoms with Crippen LogP contribution in [0.15, 0.2) is 29.6 Å². The molecule has 1 atom stereocenters. The number of anilines is 1. The fourth-order valence-electron chi connectivity index (χ4n) is 1.68. The van der Waals surface area contributed by atoms with E-state index in [1.54, 1.807) is 11.3 Å². The van der Waals surface area contributed by atoms with Crippen molar-refractivity contribution >= 4 is 28.1 Å². The van der Waals surface area contributed by atoms with Gasteiger partial charge in [0.1, 0.15) is 0 Å². The van der Waals surface area contributed by atoms with Crippen LogP contribution in [-0.4, -0.2) is 18.1 Å². The van der Waals surface area contributed by atoms with Gasteiger partial charge in [-0.15, -0.1) is 11.3 Å². The summed E-state index contributed by atoms with van der Waals surface area (Å²) in [6.07, 6.45) is 1.11. The maximum atomic E-state index is 6.19. The molecule has 0 bridgehead atoms. The minimum absolute atomic E-state index is 0.496. The summed E-state index contributed by atoms with van der Waals surface area (Å²) in [5.74, 6) is 0. The molecule has 18 heavy (non-hydrogen) atoms. The van der Waals surface area contributed by atoms with Gasteiger partial charge in [0.05, 0.1) is 5.69 Å². The van der Waals surface area contributed by atoms with Gasteiger partial charge in [-0.3, -0.25) is 0 Å². The molecular formula is C14H17ClN2S. The topological polar surface area (TPSA) is 16.1 Å². The van der Waals surface area contributed by atoms with E-state index in [-0.39, 0.29) is 0 Å². The number of thiazole rings is 1. The number of halogens is 1. The average molecular weight is 281 g/mol. The molecule has 0 fully saturated rings. The summed E-state index contributed by atoms with van der Waals surface area (Å²) in [7, 11) is 2.09. The molecule has 0 saturated heterocycles. The van der Waals surface area contributed by atoms with Crippen molar-refractivity contribution in [2.45, 2.75) is 26.3 Å². The SMILES string of the molecule is CCC(C)N(C)c1nc(-c2ccccc2Cl)cs1. The number of aromatic nitrogens is 1. The lowest BCUT2D eigenvalue weighted by Gasteiger charge is -2.22. The van der Waals surface area contributed by atoms with Crippen LogP contribution >= 0.6 is 22.9 Å². The van der Waals surface area contributed by atoms with Gasteiger partial charge in [-0.05, 0) is 19.4 Å². The number of hydrogen-bond acceptors (Lipinski definition) is 3. The Bertz CT molecular complexity index is 524. The molecule has 1 aromatic heterocycles. The molecule has 1 aromatic carbocycles. The van der Waals surface area contributed by atoms with Crippen molar-refractivity contribution in [3.05, 3.63) is 34.7 Å². The molecule has 2 aromatic rings. The molecule has 4 heteroatoms. The van der Waals surface area contributed by atoms with E-state index in [0.717, 1.165) is 27.8 Å². The van der Waals surface area contributed by atoms with Crippen LogP contribution in [0, 0.1) is 0 Å². The predicted octanol–water partition coefficient (Wildman–Crippen LogP) is 4.70. The fourth-order valence-corrected chi connectivity index (χ4v) is 2.81. The average Bonchev–Trinajstić information content (AvgIpc) is 2.87. The zero-order valence-corrected chi connectivity index (χ0v) is 12.4. The van der Waals surface area contributed by atoms with Crippen LogP contribution < -0.4 is 4.90 Å². The van der Waals surface area contributed by atoms with E-state index in [1.807, 2.05) is 24.3 Å². The standard InChI is InChI=1S/C14H17ClN2S/c1-4-10(2)17(3)14-16-13(9-18-14)11-7-5-6-8-12(11)15/h5-10H,4H2,1-3H3. The minimum Gasteiger partial charge on any atom is -0.348 e. The normalized spacial score (nSPS) is 12.4. The third-order valence-corrected chi connectivity index (χ3v) is 4.46. The largest absolute Gasteiger partial charge is 0.348 e. The van der Waals surface area contributed by atoms with E-state index in [2.05, 4.69) is 36.2 Å². The quantitative estimate of drug-likeness (QED) is 0.807. The van der Waals surface area contributed by atoms with Crippen LogP contribution in [0.25, 0.3) is 11.3 Å². The van der Waals surface area contributed by atoms with Crippen LogP contribution in [-0.2, 0) is 0 Å². The summed E-state index contributed by atoms with van der Waals surface area (Å²) in [6.45, 7) is 4.39. The van der Waals surface area contributed by atoms with Crippen molar-refractivity contribution in [1.29, 1.82) is 0 Å². The van der Waals surface area contributed by atoms with E-state index in [9.17, 15) is 0 Å². The third-order valence-electron chi connectivity index (χ3n) is 3.20. The van der Waals surface area contributed by atoms with Gasteiger partial charge in [-0.1, -0.05) is 36.7 Å². The van der Waals surface area contributed by atoms with Crippen molar-refractivity contribution < 1.29 is 0 Å². The first-order valence-corrected chi connectivity index (χ1v) is 7.32. The Morgan fingerprint density at radius 1 is 1.39 bits per heavy atom. The molecule has 0 aliphatic rings. The molecular weight excluding hydrogens is 264 g/mol. The number of benzene rings is 1. The Balaban J connectivity index is 2.29. The Hall–Kier alpha value is -1.06. The number of rotatable bonds is 4. The summed E-state index contributed by atoms with van der Waals surface area (Å²) in [5.41, 5.74) is 1.95. The Morgan fingerprint density at radius 3 is 2.78 bits per heavy atom. The first kappa shape index (κ1) is 13.4. The van der Waals surface area contributed by atoms with Gasteiger partial charge in [-0.25, -0.2) is 4.98 Å². The molecule has 2 rings (SSSR count). The summed E-state index contributed by atoms with van der Waals surface area (Å²) < 4.78 is 0. The molecule has 0 amide bonds. The van der Waals surface area contributed by atoms with Crippen molar-refractivity contribution in [3.63, 3.8) is 0 Å². The fraction of sp³-hybridized carbons (Fsp3) is 0.357. The second-order valence-electron chi connectivity index (χ2n) is 4.36. The molecule has 0 radical (unpaired) electrons. The zero-order valence-electron chi connectivity index (χ0n) is 10.9. The summed E-state index contributed by atoms with van der Waals surface area (Å²) in [4.78, 5) is 6.88. The minimum atomic E-state index is 0.496. The van der Waals surface area contributed by atoms with Crippen molar-refractivity contribution in [2.24, 2.45) is 0 Å². The van der Waals surface area contributed by atoms with E-state index in [1.165, 1.54) is 0 Å². The Labute approximate surface area is 117 Å². The van der Waals surface area contributed by atoms with Crippen molar-refractivity contribution in [1.82, 2.24) is 4.98 Å². The van der Waals surface area contributed by atoms with Gasteiger partial charge >= 0.3 is 0 Å². The molecule has 0 aliphatic heterocycles. The zero-order chi connectivity index (χ0) is 13.1. The molecule has 0 spiro atoms. The van der Waals surface area contributed by atoms with E-state index in [0.29, 0.717) is 6.04 Å². The van der Waals surface area contributed by atoms with Gasteiger partial charge in [0.2, 0.25) is 0 Å². The smallest absolute Gasteiger partial charge is 0.185 e. The first-order valence-electron chi connectivity index (χ1n) is 6.06. The molecule has 0 N–H and O–H groups in total. The highest BCUT2D eigenvalue weighted by Crippen LogP contribution is 2.32. The maximum absolute atomic E-state index is 6.19. The Morgan fingerprint density at radius 2 is 2.11 bits per heavy atom. The van der Waals surface area contributed by atoms with Crippen molar-refractivity contribution in [3.8, 4) is 11.3 Å². The van der Waals surface area contributed by atoms with Gasteiger partial charge in [0.15, 0.2) is 5.13 Å². The van der Waals surface area contributed by atoms with Crippen LogP contribution in [0.3, 0.4) is 0 Å². The third kappa shape index (κ3) is 2.68.